The normalized spacial score (nSPS) is 16.9. The molecule has 0 saturated heterocycles. The van der Waals surface area contributed by atoms with Gasteiger partial charge in [-0.2, -0.15) is 0 Å². The van der Waals surface area contributed by atoms with Crippen molar-refractivity contribution < 1.29 is 4.92 Å². The predicted octanol–water partition coefficient (Wildman–Crippen LogP) is 4.41. The van der Waals surface area contributed by atoms with Gasteiger partial charge in [-0.05, 0) is 25.0 Å². The molecule has 0 unspecified atom stereocenters. The molecule has 0 bridgehead atoms. The van der Waals surface area contributed by atoms with Crippen LogP contribution in [0.3, 0.4) is 0 Å². The summed E-state index contributed by atoms with van der Waals surface area (Å²) in [6, 6.07) is 5.51. The van der Waals surface area contributed by atoms with Crippen LogP contribution in [0.25, 0.3) is 0 Å². The third-order valence-corrected chi connectivity index (χ3v) is 4.21. The molecule has 19 heavy (non-hydrogen) atoms. The van der Waals surface area contributed by atoms with E-state index in [4.69, 9.17) is 11.6 Å². The molecular weight excluding hydrogens is 264 g/mol. The molecular formula is C14H19ClN2O2. The van der Waals surface area contributed by atoms with Crippen LogP contribution in [0.1, 0.15) is 38.5 Å². The first-order valence-electron chi connectivity index (χ1n) is 6.77. The smallest absolute Gasteiger partial charge is 0.310 e. The number of benzene rings is 1. The van der Waals surface area contributed by atoms with Crippen molar-refractivity contribution in [2.24, 2.45) is 0 Å². The molecule has 5 heteroatoms. The minimum Gasteiger partial charge on any atom is -0.366 e. The van der Waals surface area contributed by atoms with E-state index in [0.29, 0.717) is 11.7 Å². The molecule has 0 aromatic heterocycles. The van der Waals surface area contributed by atoms with Crippen LogP contribution >= 0.6 is 11.6 Å². The van der Waals surface area contributed by atoms with Gasteiger partial charge in [0.05, 0.1) is 4.92 Å². The first-order valence-corrected chi connectivity index (χ1v) is 7.15. The molecule has 0 spiro atoms. The van der Waals surface area contributed by atoms with Crippen LogP contribution in [0.4, 0.5) is 11.4 Å². The molecule has 1 saturated carbocycles. The average Bonchev–Trinajstić information content (AvgIpc) is 2.66. The summed E-state index contributed by atoms with van der Waals surface area (Å²) in [6.07, 6.45) is 7.12. The highest BCUT2D eigenvalue weighted by atomic mass is 35.5. The van der Waals surface area contributed by atoms with Gasteiger partial charge in [0.1, 0.15) is 10.7 Å². The topological polar surface area (TPSA) is 46.4 Å². The van der Waals surface area contributed by atoms with E-state index in [9.17, 15) is 10.1 Å². The molecule has 0 aliphatic heterocycles. The molecule has 0 heterocycles. The largest absolute Gasteiger partial charge is 0.366 e. The van der Waals surface area contributed by atoms with Crippen molar-refractivity contribution in [3.8, 4) is 0 Å². The molecule has 4 nitrogen and oxygen atoms in total. The standard InChI is InChI=1S/C14H19ClN2O2/c1-16(11-7-4-2-3-5-8-11)13-10-6-9-12(15)14(13)17(18)19/h6,9-11H,2-5,7-8H2,1H3. The van der Waals surface area contributed by atoms with Gasteiger partial charge >= 0.3 is 5.69 Å². The second-order valence-electron chi connectivity index (χ2n) is 5.12. The number of anilines is 1. The van der Waals surface area contributed by atoms with E-state index in [1.165, 1.54) is 25.7 Å². The molecule has 0 radical (unpaired) electrons. The van der Waals surface area contributed by atoms with Gasteiger partial charge in [-0.3, -0.25) is 10.1 Å². The second-order valence-corrected chi connectivity index (χ2v) is 5.53. The summed E-state index contributed by atoms with van der Waals surface area (Å²) >= 11 is 5.97. The number of nitro benzene ring substituents is 1. The van der Waals surface area contributed by atoms with Crippen molar-refractivity contribution in [2.75, 3.05) is 11.9 Å². The van der Waals surface area contributed by atoms with E-state index in [1.807, 2.05) is 11.9 Å². The molecule has 104 valence electrons. The molecule has 0 atom stereocenters. The Morgan fingerprint density at radius 1 is 1.26 bits per heavy atom. The fourth-order valence-corrected chi connectivity index (χ4v) is 3.05. The minimum atomic E-state index is -0.384. The number of rotatable bonds is 3. The lowest BCUT2D eigenvalue weighted by Gasteiger charge is -2.29. The fourth-order valence-electron chi connectivity index (χ4n) is 2.81. The van der Waals surface area contributed by atoms with Crippen molar-refractivity contribution in [2.45, 2.75) is 44.6 Å². The van der Waals surface area contributed by atoms with Crippen molar-refractivity contribution in [1.82, 2.24) is 0 Å². The fraction of sp³-hybridized carbons (Fsp3) is 0.571. The van der Waals surface area contributed by atoms with Crippen molar-refractivity contribution in [3.05, 3.63) is 33.3 Å². The van der Waals surface area contributed by atoms with E-state index in [2.05, 4.69) is 0 Å². The van der Waals surface area contributed by atoms with Crippen LogP contribution in [-0.2, 0) is 0 Å². The van der Waals surface area contributed by atoms with E-state index in [-0.39, 0.29) is 15.6 Å². The molecule has 1 aromatic rings. The summed E-state index contributed by atoms with van der Waals surface area (Å²) in [5.41, 5.74) is 0.653. The highest BCUT2D eigenvalue weighted by molar-refractivity contribution is 6.33. The lowest BCUT2D eigenvalue weighted by Crippen LogP contribution is -2.31. The summed E-state index contributed by atoms with van der Waals surface area (Å²) in [6.45, 7) is 0. The van der Waals surface area contributed by atoms with Gasteiger partial charge in [0, 0.05) is 13.1 Å². The average molecular weight is 283 g/mol. The molecule has 1 aliphatic rings. The number of hydrogen-bond acceptors (Lipinski definition) is 3. The summed E-state index contributed by atoms with van der Waals surface area (Å²) in [5.74, 6) is 0. The maximum absolute atomic E-state index is 11.2. The number of hydrogen-bond donors (Lipinski definition) is 0. The van der Waals surface area contributed by atoms with Gasteiger partial charge in [-0.25, -0.2) is 0 Å². The zero-order chi connectivity index (χ0) is 13.8. The number of halogens is 1. The molecule has 1 fully saturated rings. The maximum Gasteiger partial charge on any atom is 0.310 e. The van der Waals surface area contributed by atoms with Crippen molar-refractivity contribution in [3.63, 3.8) is 0 Å². The lowest BCUT2D eigenvalue weighted by atomic mass is 10.1. The van der Waals surface area contributed by atoms with Gasteiger partial charge in [-0.1, -0.05) is 43.4 Å². The second kappa shape index (κ2) is 6.24. The van der Waals surface area contributed by atoms with E-state index in [0.717, 1.165) is 12.8 Å². The molecule has 0 amide bonds. The highest BCUT2D eigenvalue weighted by Crippen LogP contribution is 2.36. The van der Waals surface area contributed by atoms with Gasteiger partial charge in [-0.15, -0.1) is 0 Å². The van der Waals surface area contributed by atoms with E-state index < -0.39 is 0 Å². The summed E-state index contributed by atoms with van der Waals surface area (Å²) in [5, 5.41) is 11.4. The van der Waals surface area contributed by atoms with Crippen LogP contribution in [0.2, 0.25) is 5.02 Å². The Hall–Kier alpha value is -1.29. The Morgan fingerprint density at radius 2 is 1.89 bits per heavy atom. The highest BCUT2D eigenvalue weighted by Gasteiger charge is 2.25. The van der Waals surface area contributed by atoms with E-state index >= 15 is 0 Å². The van der Waals surface area contributed by atoms with Gasteiger partial charge < -0.3 is 4.90 Å². The quantitative estimate of drug-likeness (QED) is 0.469. The number of nitro groups is 1. The SMILES string of the molecule is CN(c1cccc(Cl)c1[N+](=O)[O-])C1CCCCCC1. The maximum atomic E-state index is 11.2. The Labute approximate surface area is 118 Å². The predicted molar refractivity (Wildman–Crippen MR) is 78.0 cm³/mol. The Kier molecular flexibility index (Phi) is 4.64. The number of para-hydroxylation sites is 1. The zero-order valence-corrected chi connectivity index (χ0v) is 11.9. The van der Waals surface area contributed by atoms with Crippen LogP contribution in [0.5, 0.6) is 0 Å². The molecule has 1 aliphatic carbocycles. The Balaban J connectivity index is 2.29. The monoisotopic (exact) mass is 282 g/mol. The molecule has 2 rings (SSSR count). The zero-order valence-electron chi connectivity index (χ0n) is 11.1. The van der Waals surface area contributed by atoms with Crippen LogP contribution in [0.15, 0.2) is 18.2 Å². The minimum absolute atomic E-state index is 0.0240. The first-order chi connectivity index (χ1) is 9.11. The third-order valence-electron chi connectivity index (χ3n) is 3.90. The van der Waals surface area contributed by atoms with Crippen molar-refractivity contribution >= 4 is 23.0 Å². The molecule has 0 N–H and O–H groups in total. The van der Waals surface area contributed by atoms with Gasteiger partial charge in [0.2, 0.25) is 0 Å². The first kappa shape index (κ1) is 14.1. The van der Waals surface area contributed by atoms with Crippen molar-refractivity contribution in [1.29, 1.82) is 0 Å². The molecule has 1 aromatic carbocycles. The summed E-state index contributed by atoms with van der Waals surface area (Å²) in [7, 11) is 1.94. The van der Waals surface area contributed by atoms with E-state index in [1.54, 1.807) is 18.2 Å². The van der Waals surface area contributed by atoms with Crippen LogP contribution in [0, 0.1) is 10.1 Å². The van der Waals surface area contributed by atoms with Gasteiger partial charge in [0.15, 0.2) is 0 Å². The Morgan fingerprint density at radius 3 is 2.47 bits per heavy atom. The number of nitrogens with zero attached hydrogens (tertiary/aromatic N) is 2. The lowest BCUT2D eigenvalue weighted by molar-refractivity contribution is -0.384. The third kappa shape index (κ3) is 3.18. The summed E-state index contributed by atoms with van der Waals surface area (Å²) < 4.78 is 0. The van der Waals surface area contributed by atoms with Crippen LogP contribution in [-0.4, -0.2) is 18.0 Å². The Bertz CT molecular complexity index is 457. The van der Waals surface area contributed by atoms with Gasteiger partial charge in [0.25, 0.3) is 0 Å². The summed E-state index contributed by atoms with van der Waals surface area (Å²) in [4.78, 5) is 12.8. The van der Waals surface area contributed by atoms with Crippen LogP contribution < -0.4 is 4.90 Å².